The summed E-state index contributed by atoms with van der Waals surface area (Å²) in [4.78, 5) is 16.3. The van der Waals surface area contributed by atoms with Crippen molar-refractivity contribution >= 4 is 28.5 Å². The second kappa shape index (κ2) is 9.19. The maximum atomic E-state index is 12.3. The number of rotatable bonds is 7. The monoisotopic (exact) mass is 435 g/mol. The highest BCUT2D eigenvalue weighted by atomic mass is 32.1. The fourth-order valence-corrected chi connectivity index (χ4v) is 3.37. The van der Waals surface area contributed by atoms with Crippen molar-refractivity contribution in [2.24, 2.45) is 0 Å². The highest BCUT2D eigenvalue weighted by Gasteiger charge is 2.15. The fraction of sp³-hybridized carbons (Fsp3) is 0.136. The number of fused-ring (bicyclic) bond motifs is 1. The standard InChI is InChI=1S/C22H17N3O5S/c1-27-19-9-14(8-16(11-23)21(26)25-22-24-6-7-31-22)2-4-17(19)28-12-15-3-5-18-20(10-15)30-13-29-18/h2-10H,12-13H2,1H3,(H,24,25,26)/b16-8-. The van der Waals surface area contributed by atoms with E-state index < -0.39 is 5.91 Å². The molecule has 2 heterocycles. The van der Waals surface area contributed by atoms with Gasteiger partial charge in [-0.15, -0.1) is 11.3 Å². The lowest BCUT2D eigenvalue weighted by Gasteiger charge is -2.12. The summed E-state index contributed by atoms with van der Waals surface area (Å²) in [7, 11) is 1.52. The Morgan fingerprint density at radius 3 is 2.90 bits per heavy atom. The number of nitrogens with one attached hydrogen (secondary N) is 1. The van der Waals surface area contributed by atoms with Crippen molar-refractivity contribution < 1.29 is 23.7 Å². The number of aromatic nitrogens is 1. The number of carbonyl (C=O) groups is 1. The van der Waals surface area contributed by atoms with E-state index in [0.29, 0.717) is 40.3 Å². The van der Waals surface area contributed by atoms with Gasteiger partial charge < -0.3 is 18.9 Å². The molecule has 2 aromatic carbocycles. The zero-order valence-electron chi connectivity index (χ0n) is 16.5. The van der Waals surface area contributed by atoms with Crippen LogP contribution in [0.3, 0.4) is 0 Å². The van der Waals surface area contributed by atoms with Crippen molar-refractivity contribution in [3.63, 3.8) is 0 Å². The number of methoxy groups -OCH3 is 1. The SMILES string of the molecule is COc1cc(/C=C(/C#N)C(=O)Nc2nccs2)ccc1OCc1ccc2c(c1)OCO2. The molecule has 1 aromatic heterocycles. The molecule has 9 heteroatoms. The maximum absolute atomic E-state index is 12.3. The molecule has 0 atom stereocenters. The molecule has 4 rings (SSSR count). The predicted molar refractivity (Wildman–Crippen MR) is 114 cm³/mol. The van der Waals surface area contributed by atoms with Gasteiger partial charge in [0.25, 0.3) is 5.91 Å². The van der Waals surface area contributed by atoms with Gasteiger partial charge in [-0.05, 0) is 41.5 Å². The van der Waals surface area contributed by atoms with Gasteiger partial charge in [0.1, 0.15) is 18.2 Å². The number of hydrogen-bond donors (Lipinski definition) is 1. The van der Waals surface area contributed by atoms with Gasteiger partial charge >= 0.3 is 0 Å². The Bertz CT molecular complexity index is 1170. The Balaban J connectivity index is 1.47. The molecule has 0 unspecified atom stereocenters. The van der Waals surface area contributed by atoms with Gasteiger partial charge in [0, 0.05) is 11.6 Å². The second-order valence-corrected chi connectivity index (χ2v) is 7.24. The molecule has 0 fully saturated rings. The molecule has 0 saturated heterocycles. The molecule has 0 spiro atoms. The molecule has 1 aliphatic heterocycles. The lowest BCUT2D eigenvalue weighted by atomic mass is 10.1. The summed E-state index contributed by atoms with van der Waals surface area (Å²) in [5.74, 6) is 1.88. The lowest BCUT2D eigenvalue weighted by molar-refractivity contribution is -0.112. The van der Waals surface area contributed by atoms with Gasteiger partial charge in [-0.1, -0.05) is 12.1 Å². The van der Waals surface area contributed by atoms with Gasteiger partial charge in [-0.3, -0.25) is 10.1 Å². The van der Waals surface area contributed by atoms with Crippen molar-refractivity contribution in [3.8, 4) is 29.1 Å². The largest absolute Gasteiger partial charge is 0.493 e. The van der Waals surface area contributed by atoms with Crippen molar-refractivity contribution in [2.45, 2.75) is 6.61 Å². The first kappa shape index (κ1) is 20.3. The quantitative estimate of drug-likeness (QED) is 0.442. The van der Waals surface area contributed by atoms with E-state index in [4.69, 9.17) is 18.9 Å². The Hall–Kier alpha value is -4.03. The van der Waals surface area contributed by atoms with E-state index in [9.17, 15) is 10.1 Å². The van der Waals surface area contributed by atoms with Crippen LogP contribution in [0.15, 0.2) is 53.5 Å². The van der Waals surface area contributed by atoms with Crippen LogP contribution in [0.25, 0.3) is 6.08 Å². The highest BCUT2D eigenvalue weighted by molar-refractivity contribution is 7.13. The van der Waals surface area contributed by atoms with E-state index in [1.165, 1.54) is 24.5 Å². The zero-order chi connectivity index (χ0) is 21.6. The van der Waals surface area contributed by atoms with E-state index >= 15 is 0 Å². The average molecular weight is 435 g/mol. The van der Waals surface area contributed by atoms with Gasteiger partial charge in [0.2, 0.25) is 6.79 Å². The van der Waals surface area contributed by atoms with Crippen LogP contribution in [0.4, 0.5) is 5.13 Å². The minimum absolute atomic E-state index is 0.0497. The Morgan fingerprint density at radius 2 is 2.13 bits per heavy atom. The minimum Gasteiger partial charge on any atom is -0.493 e. The number of hydrogen-bond acceptors (Lipinski definition) is 8. The Morgan fingerprint density at radius 1 is 1.26 bits per heavy atom. The second-order valence-electron chi connectivity index (χ2n) is 6.35. The normalized spacial score (nSPS) is 12.2. The number of carbonyl (C=O) groups excluding carboxylic acids is 1. The molecule has 1 N–H and O–H groups in total. The third-order valence-corrected chi connectivity index (χ3v) is 5.04. The highest BCUT2D eigenvalue weighted by Crippen LogP contribution is 2.34. The lowest BCUT2D eigenvalue weighted by Crippen LogP contribution is -2.13. The van der Waals surface area contributed by atoms with Crippen LogP contribution in [-0.4, -0.2) is 24.8 Å². The molecule has 8 nitrogen and oxygen atoms in total. The molecule has 0 bridgehead atoms. The first-order chi connectivity index (χ1) is 15.2. The first-order valence-corrected chi connectivity index (χ1v) is 10.1. The molecular weight excluding hydrogens is 418 g/mol. The molecule has 1 amide bonds. The van der Waals surface area contributed by atoms with Crippen LogP contribution in [0.2, 0.25) is 0 Å². The van der Waals surface area contributed by atoms with Gasteiger partial charge in [0.15, 0.2) is 28.1 Å². The van der Waals surface area contributed by atoms with E-state index in [1.807, 2.05) is 24.3 Å². The third-order valence-electron chi connectivity index (χ3n) is 4.35. The summed E-state index contributed by atoms with van der Waals surface area (Å²) in [6.45, 7) is 0.525. The average Bonchev–Trinajstić information content (AvgIpc) is 3.47. The summed E-state index contributed by atoms with van der Waals surface area (Å²) in [6, 6.07) is 12.7. The van der Waals surface area contributed by atoms with Crippen LogP contribution in [0.5, 0.6) is 23.0 Å². The number of ether oxygens (including phenoxy) is 4. The fourth-order valence-electron chi connectivity index (χ4n) is 2.85. The Labute approximate surface area is 182 Å². The molecule has 0 saturated carbocycles. The van der Waals surface area contributed by atoms with Gasteiger partial charge in [-0.25, -0.2) is 4.98 Å². The summed E-state index contributed by atoms with van der Waals surface area (Å²) >= 11 is 1.27. The maximum Gasteiger partial charge on any atom is 0.268 e. The van der Waals surface area contributed by atoms with E-state index in [1.54, 1.807) is 29.8 Å². The van der Waals surface area contributed by atoms with Crippen LogP contribution >= 0.6 is 11.3 Å². The smallest absolute Gasteiger partial charge is 0.268 e. The van der Waals surface area contributed by atoms with Crippen LogP contribution in [0.1, 0.15) is 11.1 Å². The number of nitriles is 1. The predicted octanol–water partition coefficient (Wildman–Crippen LogP) is 4.01. The molecular formula is C22H17N3O5S. The molecule has 3 aromatic rings. The number of nitrogens with zero attached hydrogens (tertiary/aromatic N) is 2. The topological polar surface area (TPSA) is 103 Å². The summed E-state index contributed by atoms with van der Waals surface area (Å²) in [5.41, 5.74) is 1.49. The summed E-state index contributed by atoms with van der Waals surface area (Å²) in [6.07, 6.45) is 3.05. The molecule has 0 aliphatic carbocycles. The van der Waals surface area contributed by atoms with E-state index in [-0.39, 0.29) is 12.4 Å². The van der Waals surface area contributed by atoms with Crippen molar-refractivity contribution in [1.82, 2.24) is 4.98 Å². The van der Waals surface area contributed by atoms with E-state index in [2.05, 4.69) is 10.3 Å². The van der Waals surface area contributed by atoms with E-state index in [0.717, 1.165) is 5.56 Å². The van der Waals surface area contributed by atoms with Gasteiger partial charge in [0.05, 0.1) is 7.11 Å². The Kier molecular flexibility index (Phi) is 6.01. The third kappa shape index (κ3) is 4.76. The summed E-state index contributed by atoms with van der Waals surface area (Å²) in [5, 5.41) is 14.1. The summed E-state index contributed by atoms with van der Waals surface area (Å²) < 4.78 is 22.0. The molecule has 0 radical (unpaired) electrons. The van der Waals surface area contributed by atoms with Crippen molar-refractivity contribution in [1.29, 1.82) is 5.26 Å². The first-order valence-electron chi connectivity index (χ1n) is 9.18. The number of thiazole rings is 1. The van der Waals surface area contributed by atoms with Crippen molar-refractivity contribution in [2.75, 3.05) is 19.2 Å². The zero-order valence-corrected chi connectivity index (χ0v) is 17.3. The molecule has 156 valence electrons. The molecule has 1 aliphatic rings. The van der Waals surface area contributed by atoms with Crippen LogP contribution < -0.4 is 24.3 Å². The molecule has 31 heavy (non-hydrogen) atoms. The van der Waals surface area contributed by atoms with Crippen LogP contribution in [-0.2, 0) is 11.4 Å². The number of benzene rings is 2. The number of anilines is 1. The van der Waals surface area contributed by atoms with Crippen molar-refractivity contribution in [3.05, 3.63) is 64.7 Å². The minimum atomic E-state index is -0.528. The van der Waals surface area contributed by atoms with Gasteiger partial charge in [-0.2, -0.15) is 5.26 Å². The number of amides is 1. The van der Waals surface area contributed by atoms with Crippen LogP contribution in [0, 0.1) is 11.3 Å².